The van der Waals surface area contributed by atoms with Gasteiger partial charge in [0.25, 0.3) is 5.69 Å². The van der Waals surface area contributed by atoms with E-state index in [0.717, 1.165) is 5.56 Å². The van der Waals surface area contributed by atoms with Gasteiger partial charge in [0.05, 0.1) is 26.3 Å². The number of nitro benzene ring substituents is 1. The van der Waals surface area contributed by atoms with Crippen LogP contribution in [0.15, 0.2) is 58.7 Å². The minimum Gasteiger partial charge on any atom is -0.493 e. The summed E-state index contributed by atoms with van der Waals surface area (Å²) in [6, 6.07) is 11.6. The lowest BCUT2D eigenvalue weighted by Gasteiger charge is -2.36. The molecule has 182 valence electrons. The van der Waals surface area contributed by atoms with Crippen molar-refractivity contribution in [2.45, 2.75) is 31.6 Å². The highest BCUT2D eigenvalue weighted by Crippen LogP contribution is 2.47. The summed E-state index contributed by atoms with van der Waals surface area (Å²) in [4.78, 5) is 42.0. The second-order valence-corrected chi connectivity index (χ2v) is 8.59. The zero-order valence-corrected chi connectivity index (χ0v) is 19.9. The number of ether oxygens (including phenoxy) is 3. The molecule has 0 fully saturated rings. The molecular weight excluding hydrogens is 452 g/mol. The molecule has 0 N–H and O–H groups in total. The lowest BCUT2D eigenvalue weighted by molar-refractivity contribution is -0.384. The molecule has 2 aliphatic rings. The maximum Gasteiger partial charge on any atom is 0.315 e. The molecule has 0 spiro atoms. The van der Waals surface area contributed by atoms with Crippen LogP contribution in [0, 0.1) is 16.0 Å². The van der Waals surface area contributed by atoms with Crippen molar-refractivity contribution < 1.29 is 28.7 Å². The third-order valence-corrected chi connectivity index (χ3v) is 6.66. The largest absolute Gasteiger partial charge is 0.493 e. The van der Waals surface area contributed by atoms with E-state index >= 15 is 0 Å². The number of benzene rings is 2. The number of ketones is 1. The molecule has 0 aromatic heterocycles. The zero-order chi connectivity index (χ0) is 25.3. The Morgan fingerprint density at radius 1 is 1.03 bits per heavy atom. The number of carbonyl (C=O) groups excluding carboxylic acids is 2. The number of allylic oxidation sites excluding steroid dienone is 2. The maximum absolute atomic E-state index is 13.6. The number of nitrogens with zero attached hydrogens (tertiary/aromatic N) is 2. The number of esters is 1. The van der Waals surface area contributed by atoms with Crippen LogP contribution in [-0.2, 0) is 14.3 Å². The van der Waals surface area contributed by atoms with Gasteiger partial charge in [-0.1, -0.05) is 18.2 Å². The number of methoxy groups -OCH3 is 3. The number of nitro groups is 1. The van der Waals surface area contributed by atoms with Gasteiger partial charge < -0.3 is 14.2 Å². The first-order chi connectivity index (χ1) is 16.8. The van der Waals surface area contributed by atoms with Gasteiger partial charge in [0, 0.05) is 41.5 Å². The molecule has 9 heteroatoms. The van der Waals surface area contributed by atoms with Crippen LogP contribution < -0.4 is 9.47 Å². The summed E-state index contributed by atoms with van der Waals surface area (Å²) in [6.07, 6.45) is 0.690. The smallest absolute Gasteiger partial charge is 0.315 e. The van der Waals surface area contributed by atoms with E-state index in [1.807, 2.05) is 12.1 Å². The molecule has 35 heavy (non-hydrogen) atoms. The molecule has 0 bridgehead atoms. The van der Waals surface area contributed by atoms with Gasteiger partial charge in [0.15, 0.2) is 17.3 Å². The molecular formula is C26H26N2O7. The van der Waals surface area contributed by atoms with Crippen LogP contribution >= 0.6 is 0 Å². The fourth-order valence-electron chi connectivity index (χ4n) is 5.03. The van der Waals surface area contributed by atoms with Crippen molar-refractivity contribution in [3.8, 4) is 11.5 Å². The molecule has 9 nitrogen and oxygen atoms in total. The average Bonchev–Trinajstić information content (AvgIpc) is 2.86. The SMILES string of the molecule is COC(=O)C1C(C)=NC2=C(C(=O)C[C@@H](c3ccc(OC)c(OC)c3)C2)[C@H]1c1cccc([N+](=O)[O-])c1. The minimum atomic E-state index is -0.845. The van der Waals surface area contributed by atoms with Crippen LogP contribution in [0.5, 0.6) is 11.5 Å². The number of hydrogen-bond donors (Lipinski definition) is 0. The molecule has 1 heterocycles. The van der Waals surface area contributed by atoms with Crippen LogP contribution in [0.1, 0.15) is 42.7 Å². The van der Waals surface area contributed by atoms with Crippen molar-refractivity contribution in [2.75, 3.05) is 21.3 Å². The Morgan fingerprint density at radius 3 is 2.43 bits per heavy atom. The van der Waals surface area contributed by atoms with E-state index in [1.165, 1.54) is 19.2 Å². The maximum atomic E-state index is 13.6. The van der Waals surface area contributed by atoms with Gasteiger partial charge in [-0.05, 0) is 42.5 Å². The number of Topliss-reactive ketones (excluding diaryl/α,β-unsaturated/α-hetero) is 1. The van der Waals surface area contributed by atoms with E-state index in [1.54, 1.807) is 39.3 Å². The first-order valence-corrected chi connectivity index (χ1v) is 11.1. The second kappa shape index (κ2) is 9.69. The van der Waals surface area contributed by atoms with Crippen molar-refractivity contribution in [3.63, 3.8) is 0 Å². The molecule has 1 aliphatic carbocycles. The molecule has 1 unspecified atom stereocenters. The molecule has 2 aromatic rings. The molecule has 1 aliphatic heterocycles. The van der Waals surface area contributed by atoms with Gasteiger partial charge in [-0.2, -0.15) is 0 Å². The summed E-state index contributed by atoms with van der Waals surface area (Å²) < 4.78 is 15.8. The number of non-ortho nitro benzene ring substituents is 1. The van der Waals surface area contributed by atoms with E-state index in [0.29, 0.717) is 40.5 Å². The third kappa shape index (κ3) is 4.41. The molecule has 0 saturated heterocycles. The predicted molar refractivity (Wildman–Crippen MR) is 128 cm³/mol. The average molecular weight is 479 g/mol. The number of aliphatic imine (C=N–C) groups is 1. The standard InChI is InChI=1S/C26H26N2O7/c1-14-23(26(30)35-4)24(16-6-5-7-18(10-16)28(31)32)25-19(27-14)11-17(12-20(25)29)15-8-9-21(33-2)22(13-15)34-3/h5-10,13,17,23-24H,11-12H2,1-4H3/t17-,23?,24-/m0/s1. The molecule has 0 radical (unpaired) electrons. The van der Waals surface area contributed by atoms with Crippen LogP contribution in [-0.4, -0.2) is 43.7 Å². The van der Waals surface area contributed by atoms with E-state index in [4.69, 9.17) is 14.2 Å². The van der Waals surface area contributed by atoms with Crippen molar-refractivity contribution >= 4 is 23.2 Å². The minimum absolute atomic E-state index is 0.111. The summed E-state index contributed by atoms with van der Waals surface area (Å²) in [7, 11) is 4.39. The lowest BCUT2D eigenvalue weighted by Crippen LogP contribution is -2.37. The molecule has 3 atom stereocenters. The Bertz CT molecular complexity index is 1260. The van der Waals surface area contributed by atoms with Gasteiger partial charge in [0.2, 0.25) is 0 Å². The molecule has 2 aromatic carbocycles. The van der Waals surface area contributed by atoms with Crippen molar-refractivity contribution in [1.82, 2.24) is 0 Å². The summed E-state index contributed by atoms with van der Waals surface area (Å²) in [6.45, 7) is 1.72. The van der Waals surface area contributed by atoms with Crippen LogP contribution in [0.3, 0.4) is 0 Å². The van der Waals surface area contributed by atoms with Crippen molar-refractivity contribution in [1.29, 1.82) is 0 Å². The van der Waals surface area contributed by atoms with Crippen LogP contribution in [0.25, 0.3) is 0 Å². The van der Waals surface area contributed by atoms with Crippen LogP contribution in [0.2, 0.25) is 0 Å². The lowest BCUT2D eigenvalue weighted by atomic mass is 9.69. The first-order valence-electron chi connectivity index (χ1n) is 11.1. The normalized spacial score (nSPS) is 21.7. The molecule has 0 amide bonds. The van der Waals surface area contributed by atoms with E-state index in [-0.39, 0.29) is 23.8 Å². The van der Waals surface area contributed by atoms with Crippen LogP contribution in [0.4, 0.5) is 5.69 Å². The van der Waals surface area contributed by atoms with E-state index in [9.17, 15) is 19.7 Å². The fourth-order valence-corrected chi connectivity index (χ4v) is 5.03. The number of rotatable bonds is 6. The van der Waals surface area contributed by atoms with Gasteiger partial charge >= 0.3 is 5.97 Å². The summed E-state index contributed by atoms with van der Waals surface area (Å²) >= 11 is 0. The Kier molecular flexibility index (Phi) is 6.68. The number of hydrogen-bond acceptors (Lipinski definition) is 8. The quantitative estimate of drug-likeness (QED) is 0.344. The predicted octanol–water partition coefficient (Wildman–Crippen LogP) is 4.36. The monoisotopic (exact) mass is 478 g/mol. The highest BCUT2D eigenvalue weighted by molar-refractivity contribution is 6.09. The second-order valence-electron chi connectivity index (χ2n) is 8.59. The van der Waals surface area contributed by atoms with Crippen molar-refractivity contribution in [3.05, 3.63) is 75.0 Å². The Labute approximate surface area is 202 Å². The molecule has 0 saturated carbocycles. The number of carbonyl (C=O) groups is 2. The summed E-state index contributed by atoms with van der Waals surface area (Å²) in [5.41, 5.74) is 2.83. The topological polar surface area (TPSA) is 117 Å². The van der Waals surface area contributed by atoms with Gasteiger partial charge in [0.1, 0.15) is 5.92 Å². The van der Waals surface area contributed by atoms with Gasteiger partial charge in [-0.25, -0.2) is 0 Å². The summed E-state index contributed by atoms with van der Waals surface area (Å²) in [5.74, 6) is -1.22. The Hall–Kier alpha value is -4.01. The zero-order valence-electron chi connectivity index (χ0n) is 19.9. The molecule has 4 rings (SSSR count). The van der Waals surface area contributed by atoms with E-state index in [2.05, 4.69) is 4.99 Å². The first kappa shape index (κ1) is 24.1. The Balaban J connectivity index is 1.80. The Morgan fingerprint density at radius 2 is 1.77 bits per heavy atom. The highest BCUT2D eigenvalue weighted by Gasteiger charge is 2.45. The van der Waals surface area contributed by atoms with Gasteiger partial charge in [-0.3, -0.25) is 24.7 Å². The summed E-state index contributed by atoms with van der Waals surface area (Å²) in [5, 5.41) is 11.4. The van der Waals surface area contributed by atoms with Gasteiger partial charge in [-0.15, -0.1) is 0 Å². The highest BCUT2D eigenvalue weighted by atomic mass is 16.6. The fraction of sp³-hybridized carbons (Fsp3) is 0.346. The third-order valence-electron chi connectivity index (χ3n) is 6.66. The van der Waals surface area contributed by atoms with E-state index < -0.39 is 22.7 Å². The van der Waals surface area contributed by atoms with Crippen molar-refractivity contribution in [2.24, 2.45) is 10.9 Å².